The number of hydrogen-bond acceptors (Lipinski definition) is 2. The van der Waals surface area contributed by atoms with Gasteiger partial charge in [0.2, 0.25) is 0 Å². The molecule has 0 aromatic heterocycles. The molecule has 2 atom stereocenters. The maximum Gasteiger partial charge on any atom is 0.105 e. The van der Waals surface area contributed by atoms with Gasteiger partial charge in [0.25, 0.3) is 0 Å². The molecule has 0 aliphatic rings. The SMILES string of the molecule is Cc1ccc([C@H](O)c2ccccc2[S@](=O)c2c(C(C)C)cc(C(C)C)cc2C(C)C)cc1. The van der Waals surface area contributed by atoms with E-state index in [4.69, 9.17) is 0 Å². The number of aryl methyl sites for hydroxylation is 1. The molecular weight excluding hydrogens is 412 g/mol. The highest BCUT2D eigenvalue weighted by molar-refractivity contribution is 7.85. The second-order valence-corrected chi connectivity index (χ2v) is 11.0. The van der Waals surface area contributed by atoms with Crippen molar-refractivity contribution in [2.24, 2.45) is 0 Å². The lowest BCUT2D eigenvalue weighted by Gasteiger charge is -2.24. The van der Waals surface area contributed by atoms with Crippen molar-refractivity contribution in [1.29, 1.82) is 0 Å². The summed E-state index contributed by atoms with van der Waals surface area (Å²) in [7, 11) is -1.40. The lowest BCUT2D eigenvalue weighted by Crippen LogP contribution is -2.11. The van der Waals surface area contributed by atoms with Crippen molar-refractivity contribution in [3.8, 4) is 0 Å². The van der Waals surface area contributed by atoms with Crippen LogP contribution in [0.3, 0.4) is 0 Å². The average Bonchev–Trinajstić information content (AvgIpc) is 2.77. The number of aliphatic hydroxyl groups excluding tert-OH is 1. The van der Waals surface area contributed by atoms with Gasteiger partial charge in [0.15, 0.2) is 0 Å². The zero-order valence-corrected chi connectivity index (χ0v) is 21.2. The maximum absolute atomic E-state index is 14.2. The van der Waals surface area contributed by atoms with Crippen molar-refractivity contribution >= 4 is 10.8 Å². The minimum absolute atomic E-state index is 0.249. The van der Waals surface area contributed by atoms with Crippen LogP contribution in [0.5, 0.6) is 0 Å². The summed E-state index contributed by atoms with van der Waals surface area (Å²) >= 11 is 0. The van der Waals surface area contributed by atoms with E-state index in [2.05, 4.69) is 53.7 Å². The molecule has 0 saturated carbocycles. The minimum Gasteiger partial charge on any atom is -0.384 e. The van der Waals surface area contributed by atoms with Gasteiger partial charge in [0.1, 0.15) is 6.10 Å². The molecule has 0 radical (unpaired) electrons. The van der Waals surface area contributed by atoms with E-state index in [0.29, 0.717) is 16.4 Å². The van der Waals surface area contributed by atoms with Crippen LogP contribution in [-0.2, 0) is 10.8 Å². The first-order valence-electron chi connectivity index (χ1n) is 11.5. The molecule has 0 amide bonds. The summed E-state index contributed by atoms with van der Waals surface area (Å²) in [4.78, 5) is 1.59. The Labute approximate surface area is 196 Å². The first kappa shape index (κ1) is 24.4. The predicted molar refractivity (Wildman–Crippen MR) is 135 cm³/mol. The molecule has 3 aromatic carbocycles. The third-order valence-corrected chi connectivity index (χ3v) is 7.68. The van der Waals surface area contributed by atoms with Gasteiger partial charge < -0.3 is 5.11 Å². The highest BCUT2D eigenvalue weighted by Gasteiger charge is 2.25. The molecule has 1 N–H and O–H groups in total. The van der Waals surface area contributed by atoms with Crippen LogP contribution in [0.2, 0.25) is 0 Å². The molecule has 3 heteroatoms. The second kappa shape index (κ2) is 10.1. The van der Waals surface area contributed by atoms with Gasteiger partial charge >= 0.3 is 0 Å². The molecule has 0 aliphatic carbocycles. The Morgan fingerprint density at radius 1 is 0.688 bits per heavy atom. The van der Waals surface area contributed by atoms with Gasteiger partial charge in [0.05, 0.1) is 15.7 Å². The van der Waals surface area contributed by atoms with Crippen LogP contribution in [0.1, 0.15) is 98.8 Å². The lowest BCUT2D eigenvalue weighted by atomic mass is 9.89. The molecule has 0 saturated heterocycles. The Kier molecular flexibility index (Phi) is 7.74. The fourth-order valence-corrected chi connectivity index (χ4v) is 5.85. The van der Waals surface area contributed by atoms with Gasteiger partial charge in [-0.05, 0) is 53.0 Å². The summed E-state index contributed by atoms with van der Waals surface area (Å²) < 4.78 is 14.2. The van der Waals surface area contributed by atoms with Crippen LogP contribution >= 0.6 is 0 Å². The van der Waals surface area contributed by atoms with E-state index in [0.717, 1.165) is 27.1 Å². The standard InChI is InChI=1S/C29H36O2S/c1-18(2)23-16-25(19(3)4)29(26(17-23)20(5)6)32(31)27-11-9-8-10-24(27)28(30)22-14-12-21(7)13-15-22/h8-20,28,30H,1-7H3/t28-,32-/m0/s1. The summed E-state index contributed by atoms with van der Waals surface area (Å²) in [6.07, 6.45) is -0.823. The monoisotopic (exact) mass is 448 g/mol. The van der Waals surface area contributed by atoms with Gasteiger partial charge in [-0.1, -0.05) is 102 Å². The number of rotatable bonds is 7. The van der Waals surface area contributed by atoms with Crippen LogP contribution < -0.4 is 0 Å². The molecule has 0 fully saturated rings. The summed E-state index contributed by atoms with van der Waals surface area (Å²) in [6.45, 7) is 15.1. The molecule has 32 heavy (non-hydrogen) atoms. The van der Waals surface area contributed by atoms with E-state index in [1.54, 1.807) is 0 Å². The van der Waals surface area contributed by atoms with Crippen molar-refractivity contribution < 1.29 is 9.32 Å². The smallest absolute Gasteiger partial charge is 0.105 e. The Balaban J connectivity index is 2.19. The average molecular weight is 449 g/mol. The van der Waals surface area contributed by atoms with Crippen molar-refractivity contribution in [3.05, 3.63) is 94.0 Å². The van der Waals surface area contributed by atoms with Crippen LogP contribution in [0.4, 0.5) is 0 Å². The van der Waals surface area contributed by atoms with E-state index in [1.165, 1.54) is 5.56 Å². The van der Waals surface area contributed by atoms with E-state index in [9.17, 15) is 9.32 Å². The fraction of sp³-hybridized carbons (Fsp3) is 0.379. The molecule has 0 spiro atoms. The van der Waals surface area contributed by atoms with Gasteiger partial charge in [-0.25, -0.2) is 4.21 Å². The predicted octanol–water partition coefficient (Wildman–Crippen LogP) is 7.61. The van der Waals surface area contributed by atoms with Gasteiger partial charge in [-0.15, -0.1) is 0 Å². The van der Waals surface area contributed by atoms with E-state index < -0.39 is 16.9 Å². The van der Waals surface area contributed by atoms with Crippen molar-refractivity contribution in [2.45, 2.75) is 82.1 Å². The molecule has 0 unspecified atom stereocenters. The molecule has 0 bridgehead atoms. The van der Waals surface area contributed by atoms with Crippen molar-refractivity contribution in [1.82, 2.24) is 0 Å². The van der Waals surface area contributed by atoms with Crippen molar-refractivity contribution in [3.63, 3.8) is 0 Å². The Morgan fingerprint density at radius 2 is 1.22 bits per heavy atom. The van der Waals surface area contributed by atoms with E-state index >= 15 is 0 Å². The number of hydrogen-bond donors (Lipinski definition) is 1. The summed E-state index contributed by atoms with van der Waals surface area (Å²) in [5.74, 6) is 0.904. The van der Waals surface area contributed by atoms with Gasteiger partial charge in [-0.2, -0.15) is 0 Å². The molecule has 3 aromatic rings. The van der Waals surface area contributed by atoms with Crippen LogP contribution in [-0.4, -0.2) is 9.32 Å². The molecular formula is C29H36O2S. The van der Waals surface area contributed by atoms with Crippen LogP contribution in [0.25, 0.3) is 0 Å². The Hall–Kier alpha value is -2.23. The topological polar surface area (TPSA) is 37.3 Å². The first-order valence-corrected chi connectivity index (χ1v) is 12.7. The quantitative estimate of drug-likeness (QED) is 0.404. The van der Waals surface area contributed by atoms with Crippen LogP contribution in [0, 0.1) is 6.92 Å². The van der Waals surface area contributed by atoms with E-state index in [1.807, 2.05) is 55.5 Å². The van der Waals surface area contributed by atoms with Crippen LogP contribution in [0.15, 0.2) is 70.5 Å². The molecule has 0 aliphatic heterocycles. The largest absolute Gasteiger partial charge is 0.384 e. The third-order valence-electron chi connectivity index (χ3n) is 6.07. The van der Waals surface area contributed by atoms with Crippen molar-refractivity contribution in [2.75, 3.05) is 0 Å². The minimum atomic E-state index is -1.40. The maximum atomic E-state index is 14.2. The highest BCUT2D eigenvalue weighted by atomic mass is 32.2. The Morgan fingerprint density at radius 3 is 1.72 bits per heavy atom. The second-order valence-electron chi connectivity index (χ2n) is 9.61. The van der Waals surface area contributed by atoms with Gasteiger partial charge in [0, 0.05) is 10.5 Å². The zero-order chi connectivity index (χ0) is 23.6. The third kappa shape index (κ3) is 5.05. The number of benzene rings is 3. The van der Waals surface area contributed by atoms with E-state index in [-0.39, 0.29) is 11.8 Å². The molecule has 3 rings (SSSR count). The normalized spacial score (nSPS) is 13.7. The molecule has 0 heterocycles. The molecule has 170 valence electrons. The summed E-state index contributed by atoms with van der Waals surface area (Å²) in [6, 6.07) is 19.9. The first-order chi connectivity index (χ1) is 15.1. The molecule has 2 nitrogen and oxygen atoms in total. The highest BCUT2D eigenvalue weighted by Crippen LogP contribution is 2.38. The lowest BCUT2D eigenvalue weighted by molar-refractivity contribution is 0.217. The van der Waals surface area contributed by atoms with Gasteiger partial charge in [-0.3, -0.25) is 0 Å². The fourth-order valence-electron chi connectivity index (χ4n) is 4.02. The zero-order valence-electron chi connectivity index (χ0n) is 20.3. The Bertz CT molecular complexity index is 1070. The number of aliphatic hydroxyl groups is 1. The summed E-state index contributed by atoms with van der Waals surface area (Å²) in [5, 5.41) is 11.2. The summed E-state index contributed by atoms with van der Waals surface area (Å²) in [5.41, 5.74) is 6.21.